The van der Waals surface area contributed by atoms with Gasteiger partial charge in [0.05, 0.1) is 11.7 Å². The first kappa shape index (κ1) is 12.2. The number of benzene rings is 1. The van der Waals surface area contributed by atoms with Crippen LogP contribution in [0.5, 0.6) is 0 Å². The van der Waals surface area contributed by atoms with Gasteiger partial charge in [-0.15, -0.1) is 0 Å². The number of nitrogens with zero attached hydrogens (tertiary/aromatic N) is 1. The van der Waals surface area contributed by atoms with Crippen molar-refractivity contribution in [3.05, 3.63) is 36.0 Å². The van der Waals surface area contributed by atoms with Crippen LogP contribution >= 0.6 is 0 Å². The summed E-state index contributed by atoms with van der Waals surface area (Å²) in [5.41, 5.74) is 1.33. The van der Waals surface area contributed by atoms with Gasteiger partial charge in [-0.25, -0.2) is 4.79 Å². The highest BCUT2D eigenvalue weighted by molar-refractivity contribution is 6.03. The van der Waals surface area contributed by atoms with Gasteiger partial charge in [0.1, 0.15) is 0 Å². The Balaban J connectivity index is 1.96. The van der Waals surface area contributed by atoms with E-state index in [1.54, 1.807) is 6.20 Å². The van der Waals surface area contributed by atoms with Crippen LogP contribution < -0.4 is 0 Å². The maximum atomic E-state index is 11.3. The molecule has 4 heteroatoms. The number of aromatic carboxylic acids is 1. The van der Waals surface area contributed by atoms with Gasteiger partial charge < -0.3 is 14.4 Å². The molecular weight excluding hydrogens is 242 g/mol. The molecule has 0 bridgehead atoms. The van der Waals surface area contributed by atoms with Gasteiger partial charge in [-0.3, -0.25) is 0 Å². The Morgan fingerprint density at radius 1 is 1.37 bits per heavy atom. The Hall–Kier alpha value is -1.81. The first-order chi connectivity index (χ1) is 9.25. The van der Waals surface area contributed by atoms with Crippen LogP contribution in [0.4, 0.5) is 0 Å². The van der Waals surface area contributed by atoms with E-state index in [1.807, 2.05) is 28.8 Å². The van der Waals surface area contributed by atoms with Gasteiger partial charge in [0, 0.05) is 30.3 Å². The molecule has 1 aromatic carbocycles. The molecule has 1 fully saturated rings. The number of carbonyl (C=O) groups is 1. The van der Waals surface area contributed by atoms with Crippen molar-refractivity contribution in [1.82, 2.24) is 4.57 Å². The van der Waals surface area contributed by atoms with E-state index in [1.165, 1.54) is 6.42 Å². The van der Waals surface area contributed by atoms with Gasteiger partial charge in [0.25, 0.3) is 0 Å². The molecule has 0 radical (unpaired) electrons. The lowest BCUT2D eigenvalue weighted by atomic mass is 10.1. The fraction of sp³-hybridized carbons (Fsp3) is 0.400. The zero-order valence-electron chi connectivity index (χ0n) is 10.7. The number of hydrogen-bond acceptors (Lipinski definition) is 2. The molecule has 2 aromatic rings. The molecule has 0 amide bonds. The van der Waals surface area contributed by atoms with E-state index in [9.17, 15) is 9.90 Å². The van der Waals surface area contributed by atoms with Gasteiger partial charge in [-0.05, 0) is 25.3 Å². The summed E-state index contributed by atoms with van der Waals surface area (Å²) in [6.07, 6.45) is 5.30. The van der Waals surface area contributed by atoms with Gasteiger partial charge in [-0.2, -0.15) is 0 Å². The molecule has 1 atom stereocenters. The zero-order chi connectivity index (χ0) is 13.2. The molecule has 4 nitrogen and oxygen atoms in total. The molecule has 100 valence electrons. The van der Waals surface area contributed by atoms with Crippen molar-refractivity contribution >= 4 is 16.9 Å². The van der Waals surface area contributed by atoms with Crippen molar-refractivity contribution in [2.45, 2.75) is 31.9 Å². The minimum absolute atomic E-state index is 0.200. The number of rotatable bonds is 3. The molecule has 1 aliphatic heterocycles. The maximum Gasteiger partial charge on any atom is 0.337 e. The molecule has 19 heavy (non-hydrogen) atoms. The average molecular weight is 259 g/mol. The van der Waals surface area contributed by atoms with Gasteiger partial charge in [-0.1, -0.05) is 18.2 Å². The Kier molecular flexibility index (Phi) is 3.25. The summed E-state index contributed by atoms with van der Waals surface area (Å²) in [6.45, 7) is 1.55. The van der Waals surface area contributed by atoms with Crippen LogP contribution in [-0.2, 0) is 11.3 Å². The molecule has 1 N–H and O–H groups in total. The normalized spacial score (nSPS) is 19.7. The van der Waals surface area contributed by atoms with Crippen LogP contribution in [0.25, 0.3) is 10.9 Å². The second kappa shape index (κ2) is 5.05. The van der Waals surface area contributed by atoms with Crippen LogP contribution in [0, 0.1) is 0 Å². The van der Waals surface area contributed by atoms with E-state index in [2.05, 4.69) is 0 Å². The smallest absolute Gasteiger partial charge is 0.337 e. The summed E-state index contributed by atoms with van der Waals surface area (Å²) in [5.74, 6) is -0.875. The highest BCUT2D eigenvalue weighted by Gasteiger charge is 2.18. The molecule has 0 spiro atoms. The highest BCUT2D eigenvalue weighted by atomic mass is 16.5. The summed E-state index contributed by atoms with van der Waals surface area (Å²) < 4.78 is 7.74. The van der Waals surface area contributed by atoms with Crippen LogP contribution in [-0.4, -0.2) is 28.4 Å². The Morgan fingerprint density at radius 2 is 2.21 bits per heavy atom. The Morgan fingerprint density at radius 3 is 2.95 bits per heavy atom. The van der Waals surface area contributed by atoms with Crippen LogP contribution in [0.3, 0.4) is 0 Å². The maximum absolute atomic E-state index is 11.3. The van der Waals surface area contributed by atoms with Gasteiger partial charge >= 0.3 is 5.97 Å². The van der Waals surface area contributed by atoms with Crippen molar-refractivity contribution in [3.63, 3.8) is 0 Å². The number of fused-ring (bicyclic) bond motifs is 1. The zero-order valence-corrected chi connectivity index (χ0v) is 10.7. The number of para-hydroxylation sites is 1. The number of ether oxygens (including phenoxy) is 1. The van der Waals surface area contributed by atoms with E-state index in [0.29, 0.717) is 5.56 Å². The lowest BCUT2D eigenvalue weighted by Crippen LogP contribution is -2.24. The second-order valence-corrected chi connectivity index (χ2v) is 5.01. The molecule has 0 saturated carbocycles. The van der Waals surface area contributed by atoms with Gasteiger partial charge in [0.2, 0.25) is 0 Å². The minimum atomic E-state index is -0.875. The summed E-state index contributed by atoms with van der Waals surface area (Å²) >= 11 is 0. The minimum Gasteiger partial charge on any atom is -0.478 e. The third-order valence-corrected chi connectivity index (χ3v) is 3.69. The van der Waals surface area contributed by atoms with E-state index >= 15 is 0 Å². The third-order valence-electron chi connectivity index (χ3n) is 3.69. The molecule has 2 heterocycles. The monoisotopic (exact) mass is 259 g/mol. The standard InChI is InChI=1S/C15H17NO3/c17-15(18)13-10-16(9-11-5-3-4-8-19-11)14-7-2-1-6-12(13)14/h1-2,6-7,10-11H,3-5,8-9H2,(H,17,18). The molecule has 1 aliphatic rings. The molecule has 1 saturated heterocycles. The fourth-order valence-corrected chi connectivity index (χ4v) is 2.74. The largest absolute Gasteiger partial charge is 0.478 e. The van der Waals surface area contributed by atoms with Crippen LogP contribution in [0.15, 0.2) is 30.5 Å². The van der Waals surface area contributed by atoms with Crippen molar-refractivity contribution in [1.29, 1.82) is 0 Å². The van der Waals surface area contributed by atoms with E-state index in [-0.39, 0.29) is 6.10 Å². The molecule has 1 unspecified atom stereocenters. The Labute approximate surface area is 111 Å². The quantitative estimate of drug-likeness (QED) is 0.922. The van der Waals surface area contributed by atoms with Gasteiger partial charge in [0.15, 0.2) is 0 Å². The SMILES string of the molecule is O=C(O)c1cn(CC2CCCCO2)c2ccccc12. The summed E-state index contributed by atoms with van der Waals surface area (Å²) in [5, 5.41) is 10.1. The van der Waals surface area contributed by atoms with Crippen molar-refractivity contribution in [2.24, 2.45) is 0 Å². The van der Waals surface area contributed by atoms with Crippen molar-refractivity contribution < 1.29 is 14.6 Å². The third kappa shape index (κ3) is 2.36. The van der Waals surface area contributed by atoms with E-state index in [4.69, 9.17) is 4.74 Å². The van der Waals surface area contributed by atoms with E-state index in [0.717, 1.165) is 36.9 Å². The van der Waals surface area contributed by atoms with Crippen molar-refractivity contribution in [2.75, 3.05) is 6.61 Å². The number of hydrogen-bond donors (Lipinski definition) is 1. The average Bonchev–Trinajstić information content (AvgIpc) is 2.79. The van der Waals surface area contributed by atoms with Crippen LogP contribution in [0.2, 0.25) is 0 Å². The first-order valence-corrected chi connectivity index (χ1v) is 6.68. The molecular formula is C15H17NO3. The number of aromatic nitrogens is 1. The van der Waals surface area contributed by atoms with E-state index < -0.39 is 5.97 Å². The lowest BCUT2D eigenvalue weighted by Gasteiger charge is -2.23. The molecule has 3 rings (SSSR count). The number of carboxylic acids is 1. The second-order valence-electron chi connectivity index (χ2n) is 5.01. The predicted molar refractivity (Wildman–Crippen MR) is 72.5 cm³/mol. The lowest BCUT2D eigenvalue weighted by molar-refractivity contribution is 0.00665. The highest BCUT2D eigenvalue weighted by Crippen LogP contribution is 2.23. The molecule has 1 aromatic heterocycles. The first-order valence-electron chi connectivity index (χ1n) is 6.68. The topological polar surface area (TPSA) is 51.5 Å². The summed E-state index contributed by atoms with van der Waals surface area (Å²) in [7, 11) is 0. The number of carboxylic acid groups (broad SMARTS) is 1. The van der Waals surface area contributed by atoms with Crippen molar-refractivity contribution in [3.8, 4) is 0 Å². The molecule has 0 aliphatic carbocycles. The summed E-state index contributed by atoms with van der Waals surface area (Å²) in [4.78, 5) is 11.3. The summed E-state index contributed by atoms with van der Waals surface area (Å²) in [6, 6.07) is 7.63. The van der Waals surface area contributed by atoms with Crippen LogP contribution in [0.1, 0.15) is 29.6 Å². The predicted octanol–water partition coefficient (Wildman–Crippen LogP) is 2.91. The fourth-order valence-electron chi connectivity index (χ4n) is 2.74. The Bertz CT molecular complexity index is 596.